The lowest BCUT2D eigenvalue weighted by molar-refractivity contribution is 0.0948. The van der Waals surface area contributed by atoms with E-state index in [1.807, 2.05) is 20.1 Å². The molecule has 2 aromatic heterocycles. The van der Waals surface area contributed by atoms with Crippen LogP contribution in [0.3, 0.4) is 0 Å². The number of aromatic amines is 1. The lowest BCUT2D eigenvalue weighted by atomic mass is 10.2. The van der Waals surface area contributed by atoms with Crippen LogP contribution in [0.4, 0.5) is 0 Å². The molecule has 21 heavy (non-hydrogen) atoms. The molecule has 7 heteroatoms. The number of carbonyl (C=O) groups is 1. The number of carbonyl (C=O) groups excluding carboxylic acids is 1. The normalized spacial score (nSPS) is 10.6. The number of aryl methyl sites for hydroxylation is 3. The van der Waals surface area contributed by atoms with Gasteiger partial charge in [0.25, 0.3) is 5.91 Å². The van der Waals surface area contributed by atoms with E-state index in [2.05, 4.69) is 25.3 Å². The third-order valence-electron chi connectivity index (χ3n) is 3.02. The van der Waals surface area contributed by atoms with Gasteiger partial charge in [0, 0.05) is 25.4 Å². The molecule has 0 spiro atoms. The quantitative estimate of drug-likeness (QED) is 0.484. The molecule has 0 fully saturated rings. The van der Waals surface area contributed by atoms with Gasteiger partial charge in [0.2, 0.25) is 0 Å². The van der Waals surface area contributed by atoms with Crippen LogP contribution in [0.2, 0.25) is 0 Å². The summed E-state index contributed by atoms with van der Waals surface area (Å²) in [5.41, 5.74) is 1.29. The number of hydrogen-bond acceptors (Lipinski definition) is 5. The summed E-state index contributed by atoms with van der Waals surface area (Å²) >= 11 is 1.46. The van der Waals surface area contributed by atoms with Gasteiger partial charge in [-0.05, 0) is 26.5 Å². The van der Waals surface area contributed by atoms with Crippen molar-refractivity contribution in [3.63, 3.8) is 0 Å². The zero-order valence-electron chi connectivity index (χ0n) is 12.4. The summed E-state index contributed by atoms with van der Waals surface area (Å²) in [6, 6.07) is 0. The fraction of sp³-hybridized carbons (Fsp3) is 0.429. The monoisotopic (exact) mass is 305 g/mol. The van der Waals surface area contributed by atoms with Gasteiger partial charge in [0.1, 0.15) is 16.7 Å². The van der Waals surface area contributed by atoms with Crippen molar-refractivity contribution in [2.24, 2.45) is 0 Å². The van der Waals surface area contributed by atoms with Crippen LogP contribution in [0, 0.1) is 13.8 Å². The Morgan fingerprint density at radius 3 is 2.86 bits per heavy atom. The summed E-state index contributed by atoms with van der Waals surface area (Å²) in [6.45, 7) is 4.27. The van der Waals surface area contributed by atoms with Gasteiger partial charge in [-0.3, -0.25) is 4.79 Å². The predicted molar refractivity (Wildman–Crippen MR) is 82.5 cm³/mol. The van der Waals surface area contributed by atoms with E-state index in [0.717, 1.165) is 29.4 Å². The minimum Gasteiger partial charge on any atom is -0.352 e. The highest BCUT2D eigenvalue weighted by Gasteiger charge is 2.16. The molecule has 1 amide bonds. The molecule has 2 heterocycles. The Labute approximate surface area is 128 Å². The van der Waals surface area contributed by atoms with E-state index in [1.54, 1.807) is 12.4 Å². The maximum atomic E-state index is 12.3. The largest absolute Gasteiger partial charge is 0.352 e. The molecule has 112 valence electrons. The van der Waals surface area contributed by atoms with Crippen LogP contribution in [0.5, 0.6) is 0 Å². The van der Waals surface area contributed by atoms with Crippen molar-refractivity contribution in [3.05, 3.63) is 35.3 Å². The molecule has 0 radical (unpaired) electrons. The molecule has 0 atom stereocenters. The number of H-pyrrole nitrogens is 1. The summed E-state index contributed by atoms with van der Waals surface area (Å²) in [5, 5.41) is 3.65. The molecular weight excluding hydrogens is 286 g/mol. The van der Waals surface area contributed by atoms with Gasteiger partial charge in [0.05, 0.1) is 11.3 Å². The molecule has 0 aliphatic rings. The van der Waals surface area contributed by atoms with E-state index in [9.17, 15) is 4.79 Å². The molecule has 2 aromatic rings. The Morgan fingerprint density at radius 1 is 1.38 bits per heavy atom. The number of imidazole rings is 1. The molecular formula is C14H19N5OS. The Balaban J connectivity index is 1.94. The van der Waals surface area contributed by atoms with Crippen molar-refractivity contribution in [3.8, 4) is 0 Å². The predicted octanol–water partition coefficient (Wildman–Crippen LogP) is 1.90. The summed E-state index contributed by atoms with van der Waals surface area (Å²) in [7, 11) is 0. The van der Waals surface area contributed by atoms with Crippen LogP contribution in [0.15, 0.2) is 17.4 Å². The van der Waals surface area contributed by atoms with Crippen LogP contribution >= 0.6 is 11.8 Å². The first-order chi connectivity index (χ1) is 10.1. The molecule has 0 saturated heterocycles. The topological polar surface area (TPSA) is 83.6 Å². The molecule has 0 aromatic carbocycles. The molecule has 0 saturated carbocycles. The fourth-order valence-corrected chi connectivity index (χ4v) is 2.74. The Bertz CT molecular complexity index is 612. The number of nitrogens with one attached hydrogen (secondary N) is 2. The summed E-state index contributed by atoms with van der Waals surface area (Å²) in [4.78, 5) is 28.1. The molecule has 2 rings (SSSR count). The van der Waals surface area contributed by atoms with E-state index in [0.29, 0.717) is 17.9 Å². The van der Waals surface area contributed by atoms with Crippen LogP contribution < -0.4 is 5.32 Å². The highest BCUT2D eigenvalue weighted by Crippen LogP contribution is 2.20. The van der Waals surface area contributed by atoms with Gasteiger partial charge < -0.3 is 10.3 Å². The summed E-state index contributed by atoms with van der Waals surface area (Å²) in [5.74, 6) is 1.51. The van der Waals surface area contributed by atoms with Gasteiger partial charge >= 0.3 is 0 Å². The fourth-order valence-electron chi connectivity index (χ4n) is 2.07. The maximum Gasteiger partial charge on any atom is 0.255 e. The minimum absolute atomic E-state index is 0.115. The molecule has 2 N–H and O–H groups in total. The van der Waals surface area contributed by atoms with Crippen molar-refractivity contribution < 1.29 is 4.79 Å². The minimum atomic E-state index is -0.115. The zero-order chi connectivity index (χ0) is 15.2. The highest BCUT2D eigenvalue weighted by atomic mass is 32.2. The van der Waals surface area contributed by atoms with Crippen LogP contribution in [-0.4, -0.2) is 38.6 Å². The van der Waals surface area contributed by atoms with Crippen molar-refractivity contribution in [1.29, 1.82) is 0 Å². The number of nitrogens with zero attached hydrogens (tertiary/aromatic N) is 3. The second-order valence-electron chi connectivity index (χ2n) is 4.64. The number of rotatable bonds is 6. The second kappa shape index (κ2) is 7.21. The number of hydrogen-bond donors (Lipinski definition) is 2. The number of thioether (sulfide) groups is 1. The van der Waals surface area contributed by atoms with E-state index in [-0.39, 0.29) is 5.91 Å². The van der Waals surface area contributed by atoms with Gasteiger partial charge in [0.15, 0.2) is 0 Å². The molecule has 6 nitrogen and oxygen atoms in total. The first kappa shape index (κ1) is 15.5. The second-order valence-corrected chi connectivity index (χ2v) is 5.43. The zero-order valence-corrected chi connectivity index (χ0v) is 13.3. The molecule has 0 aliphatic carbocycles. The first-order valence-corrected chi connectivity index (χ1v) is 8.00. The Kier molecular flexibility index (Phi) is 5.32. The van der Waals surface area contributed by atoms with Gasteiger partial charge in [-0.1, -0.05) is 0 Å². The van der Waals surface area contributed by atoms with Gasteiger partial charge in [-0.25, -0.2) is 15.0 Å². The highest BCUT2D eigenvalue weighted by molar-refractivity contribution is 7.98. The Morgan fingerprint density at radius 2 is 2.19 bits per heavy atom. The van der Waals surface area contributed by atoms with Gasteiger partial charge in [-0.2, -0.15) is 0 Å². The smallest absolute Gasteiger partial charge is 0.255 e. The summed E-state index contributed by atoms with van der Waals surface area (Å²) < 4.78 is 0. The van der Waals surface area contributed by atoms with E-state index in [4.69, 9.17) is 0 Å². The summed E-state index contributed by atoms with van der Waals surface area (Å²) in [6.07, 6.45) is 7.08. The SMILES string of the molecule is CSc1nc(C)nc(C)c1C(=O)NCCCc1ncc[nH]1. The lowest BCUT2D eigenvalue weighted by Crippen LogP contribution is -2.27. The lowest BCUT2D eigenvalue weighted by Gasteiger charge is -2.10. The number of aromatic nitrogens is 4. The first-order valence-electron chi connectivity index (χ1n) is 6.77. The standard InChI is InChI=1S/C14H19N5OS/c1-9-12(14(21-3)19-10(2)18-9)13(20)17-6-4-5-11-15-7-8-16-11/h7-8H,4-6H2,1-3H3,(H,15,16)(H,17,20). The number of amides is 1. The van der Waals surface area contributed by atoms with Crippen LogP contribution in [-0.2, 0) is 6.42 Å². The molecule has 0 bridgehead atoms. The van der Waals surface area contributed by atoms with Crippen LogP contribution in [0.1, 0.15) is 34.1 Å². The van der Waals surface area contributed by atoms with E-state index >= 15 is 0 Å². The van der Waals surface area contributed by atoms with Crippen LogP contribution in [0.25, 0.3) is 0 Å². The van der Waals surface area contributed by atoms with Crippen molar-refractivity contribution >= 4 is 17.7 Å². The third-order valence-corrected chi connectivity index (χ3v) is 3.70. The Hall–Kier alpha value is -1.89. The van der Waals surface area contributed by atoms with Crippen molar-refractivity contribution in [2.45, 2.75) is 31.7 Å². The average Bonchev–Trinajstić information content (AvgIpc) is 2.95. The molecule has 0 unspecified atom stereocenters. The average molecular weight is 305 g/mol. The molecule has 0 aliphatic heterocycles. The van der Waals surface area contributed by atoms with Gasteiger partial charge in [-0.15, -0.1) is 11.8 Å². The third kappa shape index (κ3) is 4.04. The van der Waals surface area contributed by atoms with Crippen molar-refractivity contribution in [1.82, 2.24) is 25.3 Å². The van der Waals surface area contributed by atoms with E-state index in [1.165, 1.54) is 11.8 Å². The van der Waals surface area contributed by atoms with E-state index < -0.39 is 0 Å². The maximum absolute atomic E-state index is 12.3. The van der Waals surface area contributed by atoms with Crippen molar-refractivity contribution in [2.75, 3.05) is 12.8 Å².